The average molecular weight is 371 g/mol. The van der Waals surface area contributed by atoms with E-state index in [0.717, 1.165) is 21.2 Å². The minimum absolute atomic E-state index is 0.555. The van der Waals surface area contributed by atoms with E-state index in [1.807, 2.05) is 29.0 Å². The van der Waals surface area contributed by atoms with E-state index in [4.69, 9.17) is 4.52 Å². The van der Waals surface area contributed by atoms with Crippen LogP contribution in [0.1, 0.15) is 5.82 Å². The number of hydrogen-bond acceptors (Lipinski definition) is 8. The molecule has 0 radical (unpaired) electrons. The molecule has 0 spiro atoms. The number of aromatic nitrogens is 5. The lowest BCUT2D eigenvalue weighted by Gasteiger charge is -1.96. The zero-order chi connectivity index (χ0) is 15.9. The Morgan fingerprint density at radius 2 is 2.12 bits per heavy atom. The highest BCUT2D eigenvalue weighted by Crippen LogP contribution is 2.30. The van der Waals surface area contributed by atoms with Gasteiger partial charge in [0, 0.05) is 5.38 Å². The number of nitrogens with zero attached hydrogens (tertiary/aromatic N) is 5. The Bertz CT molecular complexity index is 1120. The molecular weight excluding hydrogens is 362 g/mol. The molecule has 1 aromatic carbocycles. The Labute approximate surface area is 148 Å². The van der Waals surface area contributed by atoms with Crippen LogP contribution >= 0.6 is 34.4 Å². The number of thioether (sulfide) groups is 1. The molecule has 118 valence electrons. The highest BCUT2D eigenvalue weighted by atomic mass is 32.2. The van der Waals surface area contributed by atoms with E-state index >= 15 is 0 Å². The van der Waals surface area contributed by atoms with Gasteiger partial charge >= 0.3 is 0 Å². The van der Waals surface area contributed by atoms with Gasteiger partial charge in [-0.2, -0.15) is 16.3 Å². The van der Waals surface area contributed by atoms with Crippen molar-refractivity contribution < 1.29 is 4.52 Å². The molecule has 4 heterocycles. The number of thiophene rings is 1. The van der Waals surface area contributed by atoms with Crippen LogP contribution in [0.4, 0.5) is 0 Å². The molecular formula is C15H9N5OS3. The van der Waals surface area contributed by atoms with Crippen LogP contribution in [0.15, 0.2) is 50.8 Å². The molecule has 5 rings (SSSR count). The van der Waals surface area contributed by atoms with Gasteiger partial charge in [0.05, 0.1) is 21.5 Å². The molecule has 4 aromatic heterocycles. The first kappa shape index (κ1) is 14.1. The molecule has 0 unspecified atom stereocenters. The summed E-state index contributed by atoms with van der Waals surface area (Å²) in [5.41, 5.74) is 2.08. The van der Waals surface area contributed by atoms with Crippen molar-refractivity contribution in [3.8, 4) is 11.5 Å². The maximum Gasteiger partial charge on any atom is 0.258 e. The van der Waals surface area contributed by atoms with Crippen LogP contribution in [-0.4, -0.2) is 24.7 Å². The minimum Gasteiger partial charge on any atom is -0.334 e. The zero-order valence-corrected chi connectivity index (χ0v) is 14.6. The second-order valence-corrected chi connectivity index (χ2v) is 7.72. The summed E-state index contributed by atoms with van der Waals surface area (Å²) in [6.07, 6.45) is 0. The third kappa shape index (κ3) is 2.32. The first-order chi connectivity index (χ1) is 11.9. The lowest BCUT2D eigenvalue weighted by atomic mass is 10.3. The maximum absolute atomic E-state index is 5.31. The summed E-state index contributed by atoms with van der Waals surface area (Å²) < 4.78 is 8.58. The van der Waals surface area contributed by atoms with E-state index in [1.165, 1.54) is 4.70 Å². The monoisotopic (exact) mass is 371 g/mol. The Hall–Kier alpha value is -2.23. The molecule has 0 atom stereocenters. The summed E-state index contributed by atoms with van der Waals surface area (Å²) in [7, 11) is 0. The van der Waals surface area contributed by atoms with Crippen molar-refractivity contribution in [3.05, 3.63) is 46.9 Å². The molecule has 6 nitrogen and oxygen atoms in total. The van der Waals surface area contributed by atoms with E-state index in [1.54, 1.807) is 34.4 Å². The normalized spacial score (nSPS) is 11.7. The van der Waals surface area contributed by atoms with Gasteiger partial charge in [0.1, 0.15) is 0 Å². The van der Waals surface area contributed by atoms with Crippen molar-refractivity contribution in [2.24, 2.45) is 0 Å². The number of fused-ring (bicyclic) bond motifs is 3. The number of thiazole rings is 1. The summed E-state index contributed by atoms with van der Waals surface area (Å²) >= 11 is 4.79. The van der Waals surface area contributed by atoms with Crippen LogP contribution in [0.2, 0.25) is 0 Å². The van der Waals surface area contributed by atoms with E-state index in [2.05, 4.69) is 36.9 Å². The Balaban J connectivity index is 1.43. The lowest BCUT2D eigenvalue weighted by Crippen LogP contribution is -1.88. The van der Waals surface area contributed by atoms with E-state index in [-0.39, 0.29) is 0 Å². The van der Waals surface area contributed by atoms with Crippen LogP contribution in [0, 0.1) is 0 Å². The predicted octanol–water partition coefficient (Wildman–Crippen LogP) is 4.35. The van der Waals surface area contributed by atoms with Crippen molar-refractivity contribution >= 4 is 49.6 Å². The standard InChI is InChI=1S/C15H9N5OS3/c1-2-4-11-10(3-1)20-14(17-18-15(20)24-11)23-8-12-16-13(21-19-12)9-5-6-22-7-9/h1-7H,8H2. The molecule has 0 saturated heterocycles. The summed E-state index contributed by atoms with van der Waals surface area (Å²) in [6.45, 7) is 0. The average Bonchev–Trinajstić information content (AvgIpc) is 3.36. The Kier molecular flexibility index (Phi) is 3.35. The van der Waals surface area contributed by atoms with Gasteiger partial charge in [-0.1, -0.05) is 40.4 Å². The van der Waals surface area contributed by atoms with Crippen LogP contribution < -0.4 is 0 Å². The summed E-state index contributed by atoms with van der Waals surface area (Å²) in [6, 6.07) is 10.2. The number of para-hydroxylation sites is 1. The third-order valence-corrected chi connectivity index (χ3v) is 6.10. The van der Waals surface area contributed by atoms with Gasteiger partial charge in [-0.25, -0.2) is 0 Å². The van der Waals surface area contributed by atoms with Gasteiger partial charge in [-0.3, -0.25) is 4.40 Å². The molecule has 0 aliphatic heterocycles. The van der Waals surface area contributed by atoms with Crippen molar-refractivity contribution in [3.63, 3.8) is 0 Å². The summed E-state index contributed by atoms with van der Waals surface area (Å²) in [4.78, 5) is 5.33. The van der Waals surface area contributed by atoms with E-state index in [0.29, 0.717) is 17.5 Å². The van der Waals surface area contributed by atoms with Gasteiger partial charge < -0.3 is 4.52 Å². The third-order valence-electron chi connectivity index (χ3n) is 3.48. The molecule has 24 heavy (non-hydrogen) atoms. The second kappa shape index (κ2) is 5.69. The molecule has 0 aliphatic carbocycles. The largest absolute Gasteiger partial charge is 0.334 e. The minimum atomic E-state index is 0.555. The van der Waals surface area contributed by atoms with Crippen LogP contribution in [0.3, 0.4) is 0 Å². The molecule has 9 heteroatoms. The number of rotatable bonds is 4. The fraction of sp³-hybridized carbons (Fsp3) is 0.0667. The van der Waals surface area contributed by atoms with Gasteiger partial charge in [-0.05, 0) is 23.6 Å². The quantitative estimate of drug-likeness (QED) is 0.438. The van der Waals surface area contributed by atoms with Crippen molar-refractivity contribution in [1.29, 1.82) is 0 Å². The van der Waals surface area contributed by atoms with Crippen molar-refractivity contribution in [2.45, 2.75) is 10.9 Å². The zero-order valence-electron chi connectivity index (χ0n) is 12.1. The smallest absolute Gasteiger partial charge is 0.258 e. The topological polar surface area (TPSA) is 69.1 Å². The van der Waals surface area contributed by atoms with Crippen molar-refractivity contribution in [2.75, 3.05) is 0 Å². The second-order valence-electron chi connectivity index (χ2n) is 4.99. The molecule has 0 saturated carbocycles. The molecule has 0 N–H and O–H groups in total. The molecule has 5 aromatic rings. The molecule has 0 aliphatic rings. The van der Waals surface area contributed by atoms with E-state index < -0.39 is 0 Å². The highest BCUT2D eigenvalue weighted by molar-refractivity contribution is 7.98. The van der Waals surface area contributed by atoms with Gasteiger partial charge in [0.15, 0.2) is 11.0 Å². The van der Waals surface area contributed by atoms with Gasteiger partial charge in [0.25, 0.3) is 5.89 Å². The fourth-order valence-corrected chi connectivity index (χ4v) is 4.83. The SMILES string of the molecule is c1ccc2c(c1)sc1nnc(SCc3noc(-c4ccsc4)n3)n12. The lowest BCUT2D eigenvalue weighted by molar-refractivity contribution is 0.425. The fourth-order valence-electron chi connectivity index (χ4n) is 2.39. The molecule has 0 fully saturated rings. The first-order valence-corrected chi connectivity index (χ1v) is 9.83. The van der Waals surface area contributed by atoms with Crippen molar-refractivity contribution in [1.82, 2.24) is 24.7 Å². The Morgan fingerprint density at radius 1 is 1.17 bits per heavy atom. The summed E-state index contributed by atoms with van der Waals surface area (Å²) in [5, 5.41) is 17.4. The van der Waals surface area contributed by atoms with E-state index in [9.17, 15) is 0 Å². The first-order valence-electron chi connectivity index (χ1n) is 7.09. The Morgan fingerprint density at radius 3 is 3.04 bits per heavy atom. The van der Waals surface area contributed by atoms with Gasteiger partial charge in [-0.15, -0.1) is 10.2 Å². The van der Waals surface area contributed by atoms with Crippen LogP contribution in [0.25, 0.3) is 26.6 Å². The van der Waals surface area contributed by atoms with Crippen LogP contribution in [0.5, 0.6) is 0 Å². The van der Waals surface area contributed by atoms with Crippen LogP contribution in [-0.2, 0) is 5.75 Å². The predicted molar refractivity (Wildman–Crippen MR) is 95.5 cm³/mol. The molecule has 0 bridgehead atoms. The summed E-state index contributed by atoms with van der Waals surface area (Å²) in [5.74, 6) is 1.79. The number of hydrogen-bond donors (Lipinski definition) is 0. The number of benzene rings is 1. The van der Waals surface area contributed by atoms with Gasteiger partial charge in [0.2, 0.25) is 4.96 Å². The molecule has 0 amide bonds. The maximum atomic E-state index is 5.31. The highest BCUT2D eigenvalue weighted by Gasteiger charge is 2.15.